The van der Waals surface area contributed by atoms with Gasteiger partial charge in [0.2, 0.25) is 0 Å². The Kier molecular flexibility index (Phi) is 2.66. The molecule has 0 unspecified atom stereocenters. The Morgan fingerprint density at radius 1 is 0.917 bits per heavy atom. The highest BCUT2D eigenvalue weighted by molar-refractivity contribution is 6.42. The van der Waals surface area contributed by atoms with Crippen molar-refractivity contribution >= 4 is 9.28 Å². The Bertz CT molecular complexity index is 148. The van der Waals surface area contributed by atoms with Gasteiger partial charge in [-0.2, -0.15) is 0 Å². The second-order valence-electron chi connectivity index (χ2n) is 4.82. The minimum absolute atomic E-state index is 0.0272. The lowest BCUT2D eigenvalue weighted by Gasteiger charge is -2.25. The molecule has 0 atom stereocenters. The molecule has 72 valence electrons. The van der Waals surface area contributed by atoms with Crippen LogP contribution in [0.2, 0.25) is 6.55 Å². The Balaban J connectivity index is 2.66. The first-order chi connectivity index (χ1) is 5.31. The summed E-state index contributed by atoms with van der Waals surface area (Å²) in [5.41, 5.74) is 0.0544. The maximum atomic E-state index is 5.85. The summed E-state index contributed by atoms with van der Waals surface area (Å²) in [5.74, 6) is 0. The molecule has 0 aromatic carbocycles. The number of hydrogen-bond acceptors (Lipinski definition) is 2. The smallest absolute Gasteiger partial charge is 0.319 e. The van der Waals surface area contributed by atoms with Crippen LogP contribution in [0, 0.1) is 0 Å². The molecule has 3 heteroatoms. The normalized spacial score (nSPS) is 29.8. The molecule has 0 aliphatic carbocycles. The van der Waals surface area contributed by atoms with Crippen LogP contribution < -0.4 is 0 Å². The third-order valence-corrected chi connectivity index (χ3v) is 4.24. The van der Waals surface area contributed by atoms with Crippen LogP contribution in [0.5, 0.6) is 0 Å². The summed E-state index contributed by atoms with van der Waals surface area (Å²) >= 11 is 0. The van der Waals surface area contributed by atoms with Gasteiger partial charge in [0, 0.05) is 0 Å². The van der Waals surface area contributed by atoms with Crippen LogP contribution in [0.4, 0.5) is 0 Å². The molecule has 0 aromatic rings. The zero-order chi connectivity index (χ0) is 9.41. The Morgan fingerprint density at radius 2 is 1.25 bits per heavy atom. The highest BCUT2D eigenvalue weighted by Gasteiger charge is 2.33. The summed E-state index contributed by atoms with van der Waals surface area (Å²) in [6.45, 7) is 10.7. The van der Waals surface area contributed by atoms with Gasteiger partial charge in [-0.05, 0) is 47.1 Å². The quantitative estimate of drug-likeness (QED) is 0.543. The first kappa shape index (κ1) is 10.2. The van der Waals surface area contributed by atoms with Gasteiger partial charge in [-0.1, -0.05) is 0 Å². The summed E-state index contributed by atoms with van der Waals surface area (Å²) in [6.07, 6.45) is 2.19. The molecule has 0 N–H and O–H groups in total. The summed E-state index contributed by atoms with van der Waals surface area (Å²) < 4.78 is 11.7. The zero-order valence-corrected chi connectivity index (χ0v) is 9.96. The van der Waals surface area contributed by atoms with E-state index in [1.807, 2.05) is 0 Å². The van der Waals surface area contributed by atoms with E-state index in [2.05, 4.69) is 34.2 Å². The average Bonchev–Trinajstić information content (AvgIpc) is 1.87. The maximum Gasteiger partial charge on any atom is 0.319 e. The van der Waals surface area contributed by atoms with Crippen molar-refractivity contribution in [3.8, 4) is 0 Å². The van der Waals surface area contributed by atoms with Gasteiger partial charge in [0.1, 0.15) is 0 Å². The fourth-order valence-electron chi connectivity index (χ4n) is 1.64. The van der Waals surface area contributed by atoms with Gasteiger partial charge in [-0.3, -0.25) is 0 Å². The van der Waals surface area contributed by atoms with Crippen molar-refractivity contribution in [2.75, 3.05) is 0 Å². The molecule has 1 rings (SSSR count). The number of rotatable bonds is 0. The molecule has 0 aromatic heterocycles. The van der Waals surface area contributed by atoms with E-state index < -0.39 is 9.28 Å². The third-order valence-electron chi connectivity index (χ3n) is 2.30. The fourth-order valence-corrected chi connectivity index (χ4v) is 3.72. The highest BCUT2D eigenvalue weighted by Crippen LogP contribution is 2.30. The lowest BCUT2D eigenvalue weighted by Crippen LogP contribution is -2.33. The van der Waals surface area contributed by atoms with E-state index in [1.165, 1.54) is 0 Å². The van der Waals surface area contributed by atoms with Crippen LogP contribution in [-0.4, -0.2) is 20.5 Å². The zero-order valence-electron chi connectivity index (χ0n) is 8.81. The van der Waals surface area contributed by atoms with Crippen LogP contribution in [-0.2, 0) is 8.85 Å². The molecule has 0 amide bonds. The Morgan fingerprint density at radius 3 is 1.58 bits per heavy atom. The first-order valence-electron chi connectivity index (χ1n) is 4.66. The van der Waals surface area contributed by atoms with E-state index in [1.54, 1.807) is 0 Å². The van der Waals surface area contributed by atoms with E-state index in [9.17, 15) is 0 Å². The van der Waals surface area contributed by atoms with Gasteiger partial charge in [0.25, 0.3) is 0 Å². The molecule has 1 saturated heterocycles. The second kappa shape index (κ2) is 3.12. The monoisotopic (exact) mass is 188 g/mol. The van der Waals surface area contributed by atoms with Crippen LogP contribution in [0.25, 0.3) is 0 Å². The van der Waals surface area contributed by atoms with Crippen molar-refractivity contribution in [2.24, 2.45) is 0 Å². The molecule has 1 aliphatic heterocycles. The maximum absolute atomic E-state index is 5.85. The molecular weight excluding hydrogens is 168 g/mol. The van der Waals surface area contributed by atoms with Gasteiger partial charge in [-0.25, -0.2) is 0 Å². The average molecular weight is 188 g/mol. The topological polar surface area (TPSA) is 18.5 Å². The van der Waals surface area contributed by atoms with E-state index in [0.717, 1.165) is 12.8 Å². The van der Waals surface area contributed by atoms with Gasteiger partial charge in [0.05, 0.1) is 11.2 Å². The van der Waals surface area contributed by atoms with Gasteiger partial charge in [-0.15, -0.1) is 0 Å². The van der Waals surface area contributed by atoms with Gasteiger partial charge >= 0.3 is 9.28 Å². The summed E-state index contributed by atoms with van der Waals surface area (Å²) in [7, 11) is -1.39. The summed E-state index contributed by atoms with van der Waals surface area (Å²) in [4.78, 5) is 0. The fraction of sp³-hybridized carbons (Fsp3) is 1.00. The molecule has 1 fully saturated rings. The molecule has 1 heterocycles. The first-order valence-corrected chi connectivity index (χ1v) is 6.76. The minimum atomic E-state index is -1.39. The van der Waals surface area contributed by atoms with Crippen LogP contribution in [0.1, 0.15) is 40.5 Å². The molecule has 0 saturated carbocycles. The second-order valence-corrected chi connectivity index (χ2v) is 6.43. The molecule has 12 heavy (non-hydrogen) atoms. The van der Waals surface area contributed by atoms with Crippen molar-refractivity contribution in [3.05, 3.63) is 0 Å². The Labute approximate surface area is 77.1 Å². The van der Waals surface area contributed by atoms with Gasteiger partial charge < -0.3 is 8.85 Å². The molecule has 0 radical (unpaired) electrons. The third kappa shape index (κ3) is 2.88. The molecular formula is C9H20O2Si. The molecule has 0 spiro atoms. The van der Waals surface area contributed by atoms with E-state index >= 15 is 0 Å². The largest absolute Gasteiger partial charge is 0.391 e. The summed E-state index contributed by atoms with van der Waals surface area (Å²) in [5, 5.41) is 0. The number of hydrogen-bond donors (Lipinski definition) is 0. The predicted molar refractivity (Wildman–Crippen MR) is 52.6 cm³/mol. The molecule has 0 bridgehead atoms. The van der Waals surface area contributed by atoms with Crippen LogP contribution in [0.15, 0.2) is 0 Å². The van der Waals surface area contributed by atoms with Gasteiger partial charge in [0.15, 0.2) is 0 Å². The van der Waals surface area contributed by atoms with Crippen molar-refractivity contribution in [1.29, 1.82) is 0 Å². The van der Waals surface area contributed by atoms with Crippen molar-refractivity contribution in [1.82, 2.24) is 0 Å². The van der Waals surface area contributed by atoms with Crippen LogP contribution >= 0.6 is 0 Å². The van der Waals surface area contributed by atoms with E-state index in [4.69, 9.17) is 8.85 Å². The summed E-state index contributed by atoms with van der Waals surface area (Å²) in [6, 6.07) is 0. The minimum Gasteiger partial charge on any atom is -0.391 e. The van der Waals surface area contributed by atoms with Crippen molar-refractivity contribution < 1.29 is 8.85 Å². The van der Waals surface area contributed by atoms with E-state index in [0.29, 0.717) is 0 Å². The SMILES string of the molecule is C[SiH]1OC(C)(C)CCC(C)(C)O1. The predicted octanol–water partition coefficient (Wildman–Crippen LogP) is 2.22. The highest BCUT2D eigenvalue weighted by atomic mass is 28.3. The standard InChI is InChI=1S/C9H20O2Si/c1-8(2)6-7-9(3,4)11-12(5)10-8/h12H,6-7H2,1-5H3. The lowest BCUT2D eigenvalue weighted by molar-refractivity contribution is 0.0669. The van der Waals surface area contributed by atoms with Crippen LogP contribution in [0.3, 0.4) is 0 Å². The molecule has 1 aliphatic rings. The Hall–Kier alpha value is 0.137. The van der Waals surface area contributed by atoms with Crippen molar-refractivity contribution in [2.45, 2.75) is 58.3 Å². The molecule has 2 nitrogen and oxygen atoms in total. The van der Waals surface area contributed by atoms with Crippen molar-refractivity contribution in [3.63, 3.8) is 0 Å². The lowest BCUT2D eigenvalue weighted by atomic mass is 9.94. The van der Waals surface area contributed by atoms with E-state index in [-0.39, 0.29) is 11.2 Å².